The monoisotopic (exact) mass is 421 g/mol. The van der Waals surface area contributed by atoms with E-state index in [0.29, 0.717) is 25.2 Å². The summed E-state index contributed by atoms with van der Waals surface area (Å²) in [7, 11) is 0. The van der Waals surface area contributed by atoms with Crippen LogP contribution in [0.15, 0.2) is 36.8 Å². The van der Waals surface area contributed by atoms with Crippen LogP contribution in [-0.4, -0.2) is 62.6 Å². The predicted octanol–water partition coefficient (Wildman–Crippen LogP) is 2.39. The first-order valence-electron chi connectivity index (χ1n) is 11.3. The van der Waals surface area contributed by atoms with Gasteiger partial charge >= 0.3 is 0 Å². The standard InChI is InChI=1S/C24H31N5O2/c25-14-19-6-8-20(9-7-19)16-29-18-26-15-22(29)17-27-10-12-28(13-11-27)24(31)23(30)21-4-2-1-3-5-21/h6-9,15,18,21,23,30H,1-5,10-13,16-17H2. The van der Waals surface area contributed by atoms with Crippen LogP contribution < -0.4 is 0 Å². The topological polar surface area (TPSA) is 85.4 Å². The largest absolute Gasteiger partial charge is 0.383 e. The molecule has 4 rings (SSSR count). The van der Waals surface area contributed by atoms with Gasteiger partial charge in [-0.05, 0) is 36.5 Å². The van der Waals surface area contributed by atoms with Crippen LogP contribution in [0, 0.1) is 17.2 Å². The van der Waals surface area contributed by atoms with Gasteiger partial charge in [0.05, 0.1) is 23.7 Å². The van der Waals surface area contributed by atoms with Gasteiger partial charge in [0.1, 0.15) is 6.10 Å². The predicted molar refractivity (Wildman–Crippen MR) is 117 cm³/mol. The van der Waals surface area contributed by atoms with E-state index in [1.165, 1.54) is 6.42 Å². The first-order chi connectivity index (χ1) is 15.1. The molecule has 0 spiro atoms. The molecule has 1 aliphatic carbocycles. The minimum atomic E-state index is -0.833. The highest BCUT2D eigenvalue weighted by molar-refractivity contribution is 5.81. The molecular formula is C24H31N5O2. The number of hydrogen-bond donors (Lipinski definition) is 1. The van der Waals surface area contributed by atoms with Gasteiger partial charge in [-0.2, -0.15) is 5.26 Å². The number of aromatic nitrogens is 2. The number of piperazine rings is 1. The first-order valence-corrected chi connectivity index (χ1v) is 11.3. The lowest BCUT2D eigenvalue weighted by atomic mass is 9.85. The highest BCUT2D eigenvalue weighted by atomic mass is 16.3. The Morgan fingerprint density at radius 1 is 1.10 bits per heavy atom. The highest BCUT2D eigenvalue weighted by Gasteiger charge is 2.32. The fourth-order valence-electron chi connectivity index (χ4n) is 4.70. The van der Waals surface area contributed by atoms with Crippen molar-refractivity contribution in [3.63, 3.8) is 0 Å². The Bertz CT molecular complexity index is 903. The maximum absolute atomic E-state index is 12.7. The maximum Gasteiger partial charge on any atom is 0.251 e. The molecule has 7 heteroatoms. The van der Waals surface area contributed by atoms with E-state index in [0.717, 1.165) is 56.6 Å². The zero-order valence-corrected chi connectivity index (χ0v) is 18.0. The summed E-state index contributed by atoms with van der Waals surface area (Å²) < 4.78 is 2.13. The number of nitriles is 1. The Hall–Kier alpha value is -2.69. The van der Waals surface area contributed by atoms with Crippen LogP contribution in [0.5, 0.6) is 0 Å². The molecule has 1 N–H and O–H groups in total. The third-order valence-corrected chi connectivity index (χ3v) is 6.65. The molecule has 2 heterocycles. The van der Waals surface area contributed by atoms with Crippen molar-refractivity contribution in [3.05, 3.63) is 53.6 Å². The summed E-state index contributed by atoms with van der Waals surface area (Å²) in [6.45, 7) is 4.41. The van der Waals surface area contributed by atoms with Crippen LogP contribution in [0.2, 0.25) is 0 Å². The lowest BCUT2D eigenvalue weighted by Crippen LogP contribution is -2.52. The van der Waals surface area contributed by atoms with E-state index >= 15 is 0 Å². The molecule has 164 valence electrons. The molecule has 1 aromatic heterocycles. The average molecular weight is 422 g/mol. The molecule has 2 aromatic rings. The van der Waals surface area contributed by atoms with Crippen molar-refractivity contribution in [1.82, 2.24) is 19.4 Å². The number of aliphatic hydroxyl groups is 1. The van der Waals surface area contributed by atoms with E-state index in [2.05, 4.69) is 20.5 Å². The molecule has 1 amide bonds. The van der Waals surface area contributed by atoms with Crippen molar-refractivity contribution in [2.24, 2.45) is 5.92 Å². The molecule has 7 nitrogen and oxygen atoms in total. The minimum Gasteiger partial charge on any atom is -0.383 e. The highest BCUT2D eigenvalue weighted by Crippen LogP contribution is 2.27. The second-order valence-corrected chi connectivity index (χ2v) is 8.77. The molecule has 0 radical (unpaired) electrons. The van der Waals surface area contributed by atoms with Crippen LogP contribution in [0.25, 0.3) is 0 Å². The molecule has 1 saturated heterocycles. The third kappa shape index (κ3) is 5.33. The van der Waals surface area contributed by atoms with Crippen molar-refractivity contribution in [2.45, 2.75) is 51.3 Å². The van der Waals surface area contributed by atoms with E-state index in [1.807, 2.05) is 41.7 Å². The Morgan fingerprint density at radius 3 is 2.48 bits per heavy atom. The maximum atomic E-state index is 12.7. The molecule has 1 aromatic carbocycles. The summed E-state index contributed by atoms with van der Waals surface area (Å²) >= 11 is 0. The third-order valence-electron chi connectivity index (χ3n) is 6.65. The number of aliphatic hydroxyl groups excluding tert-OH is 1. The van der Waals surface area contributed by atoms with E-state index < -0.39 is 6.10 Å². The molecule has 1 atom stereocenters. The average Bonchev–Trinajstić information content (AvgIpc) is 3.26. The van der Waals surface area contributed by atoms with Crippen molar-refractivity contribution in [2.75, 3.05) is 26.2 Å². The molecule has 31 heavy (non-hydrogen) atoms. The van der Waals surface area contributed by atoms with E-state index in [-0.39, 0.29) is 11.8 Å². The molecular weight excluding hydrogens is 390 g/mol. The van der Waals surface area contributed by atoms with Crippen molar-refractivity contribution in [1.29, 1.82) is 5.26 Å². The van der Waals surface area contributed by atoms with Crippen LogP contribution in [0.1, 0.15) is 48.9 Å². The smallest absolute Gasteiger partial charge is 0.251 e. The summed E-state index contributed by atoms with van der Waals surface area (Å²) in [5, 5.41) is 19.5. The second-order valence-electron chi connectivity index (χ2n) is 8.77. The van der Waals surface area contributed by atoms with Gasteiger partial charge in [0.2, 0.25) is 0 Å². The van der Waals surface area contributed by atoms with Gasteiger partial charge in [0.15, 0.2) is 0 Å². The summed E-state index contributed by atoms with van der Waals surface area (Å²) in [4.78, 5) is 21.2. The van der Waals surface area contributed by atoms with Gasteiger partial charge in [-0.1, -0.05) is 31.4 Å². The Balaban J connectivity index is 1.29. The summed E-state index contributed by atoms with van der Waals surface area (Å²) in [5.74, 6) is 0.0493. The zero-order valence-electron chi connectivity index (χ0n) is 18.0. The SMILES string of the molecule is N#Cc1ccc(Cn2cncc2CN2CCN(C(=O)C(O)C3CCCCC3)CC2)cc1. The van der Waals surface area contributed by atoms with E-state index in [9.17, 15) is 9.90 Å². The zero-order chi connectivity index (χ0) is 21.6. The second kappa shape index (κ2) is 10.1. The lowest BCUT2D eigenvalue weighted by molar-refractivity contribution is -0.145. The van der Waals surface area contributed by atoms with Gasteiger partial charge in [0, 0.05) is 45.5 Å². The van der Waals surface area contributed by atoms with Crippen molar-refractivity contribution in [3.8, 4) is 6.07 Å². The van der Waals surface area contributed by atoms with Crippen LogP contribution in [-0.2, 0) is 17.9 Å². The summed E-state index contributed by atoms with van der Waals surface area (Å²) in [6, 6.07) is 9.77. The first kappa shape index (κ1) is 21.5. The molecule has 2 fully saturated rings. The normalized spacial score (nSPS) is 19.2. The fraction of sp³-hybridized carbons (Fsp3) is 0.542. The number of carbonyl (C=O) groups is 1. The Morgan fingerprint density at radius 2 is 1.81 bits per heavy atom. The van der Waals surface area contributed by atoms with E-state index in [4.69, 9.17) is 5.26 Å². The van der Waals surface area contributed by atoms with Crippen LogP contribution >= 0.6 is 0 Å². The number of amides is 1. The van der Waals surface area contributed by atoms with Gasteiger partial charge < -0.3 is 14.6 Å². The fourth-order valence-corrected chi connectivity index (χ4v) is 4.70. The van der Waals surface area contributed by atoms with E-state index in [1.54, 1.807) is 0 Å². The van der Waals surface area contributed by atoms with Gasteiger partial charge in [-0.15, -0.1) is 0 Å². The summed E-state index contributed by atoms with van der Waals surface area (Å²) in [5.41, 5.74) is 2.92. The van der Waals surface area contributed by atoms with Crippen molar-refractivity contribution < 1.29 is 9.90 Å². The Labute approximate surface area is 183 Å². The van der Waals surface area contributed by atoms with Gasteiger partial charge in [0.25, 0.3) is 5.91 Å². The minimum absolute atomic E-state index is 0.0857. The van der Waals surface area contributed by atoms with Gasteiger partial charge in [-0.3, -0.25) is 9.69 Å². The molecule has 2 aliphatic rings. The summed E-state index contributed by atoms with van der Waals surface area (Å²) in [6.07, 6.45) is 8.31. The quantitative estimate of drug-likeness (QED) is 0.774. The Kier molecular flexibility index (Phi) is 7.00. The molecule has 0 bridgehead atoms. The molecule has 1 unspecified atom stereocenters. The molecule has 1 aliphatic heterocycles. The number of rotatable bonds is 6. The molecule has 1 saturated carbocycles. The number of carbonyl (C=O) groups excluding carboxylic acids is 1. The number of imidazole rings is 1. The van der Waals surface area contributed by atoms with Crippen LogP contribution in [0.4, 0.5) is 0 Å². The van der Waals surface area contributed by atoms with Crippen molar-refractivity contribution >= 4 is 5.91 Å². The number of nitrogens with zero attached hydrogens (tertiary/aromatic N) is 5. The number of benzene rings is 1. The lowest BCUT2D eigenvalue weighted by Gasteiger charge is -2.37. The van der Waals surface area contributed by atoms with Crippen LogP contribution in [0.3, 0.4) is 0 Å². The van der Waals surface area contributed by atoms with Gasteiger partial charge in [-0.25, -0.2) is 4.98 Å². The number of hydrogen-bond acceptors (Lipinski definition) is 5.